The van der Waals surface area contributed by atoms with Crippen molar-refractivity contribution in [1.82, 2.24) is 15.1 Å². The van der Waals surface area contributed by atoms with Gasteiger partial charge in [0, 0.05) is 38.3 Å². The van der Waals surface area contributed by atoms with Crippen LogP contribution in [0.15, 0.2) is 29.3 Å². The first-order valence-electron chi connectivity index (χ1n) is 11.5. The maximum absolute atomic E-state index is 12.4. The van der Waals surface area contributed by atoms with E-state index in [1.54, 1.807) is 17.0 Å². The van der Waals surface area contributed by atoms with E-state index in [9.17, 15) is 9.59 Å². The molecule has 0 saturated carbocycles. The van der Waals surface area contributed by atoms with Crippen molar-refractivity contribution in [3.8, 4) is 0 Å². The van der Waals surface area contributed by atoms with Crippen molar-refractivity contribution in [3.05, 3.63) is 35.4 Å². The highest BCUT2D eigenvalue weighted by Gasteiger charge is 2.27. The molecule has 178 valence electrons. The van der Waals surface area contributed by atoms with Gasteiger partial charge in [-0.3, -0.25) is 4.79 Å². The smallest absolute Gasteiger partial charge is 0.410 e. The third-order valence-corrected chi connectivity index (χ3v) is 5.41. The van der Waals surface area contributed by atoms with Crippen LogP contribution in [0.5, 0.6) is 0 Å². The molecule has 1 aliphatic rings. The van der Waals surface area contributed by atoms with Crippen LogP contribution in [0.25, 0.3) is 0 Å². The van der Waals surface area contributed by atoms with E-state index in [2.05, 4.69) is 17.1 Å². The first-order valence-corrected chi connectivity index (χ1v) is 11.5. The number of ether oxygens (including phenoxy) is 1. The van der Waals surface area contributed by atoms with Crippen LogP contribution in [-0.4, -0.2) is 66.1 Å². The van der Waals surface area contributed by atoms with Gasteiger partial charge in [0.15, 0.2) is 5.96 Å². The summed E-state index contributed by atoms with van der Waals surface area (Å²) in [6, 6.07) is 7.23. The Balaban J connectivity index is 1.92. The molecule has 0 aromatic heterocycles. The predicted octanol–water partition coefficient (Wildman–Crippen LogP) is 3.22. The van der Waals surface area contributed by atoms with Crippen molar-refractivity contribution in [2.75, 3.05) is 32.7 Å². The lowest BCUT2D eigenvalue weighted by molar-refractivity contribution is 0.0214. The lowest BCUT2D eigenvalue weighted by Crippen LogP contribution is -2.47. The molecule has 0 aliphatic carbocycles. The van der Waals surface area contributed by atoms with E-state index in [1.807, 2.05) is 39.8 Å². The molecule has 2 amide bonds. The number of aliphatic imine (C=N–C) groups is 1. The van der Waals surface area contributed by atoms with Crippen molar-refractivity contribution in [3.63, 3.8) is 0 Å². The Hall–Kier alpha value is -2.77. The van der Waals surface area contributed by atoms with Gasteiger partial charge in [0.1, 0.15) is 5.60 Å². The largest absolute Gasteiger partial charge is 0.444 e. The Labute approximate surface area is 192 Å². The molecule has 1 aromatic carbocycles. The standard InChI is InChI=1S/C24H39N5O3/c1-6-26-22(27-16-18-8-10-20(11-9-18)21(25)30)29-14-12-19(13-15-29)17-28(7-2)23(31)32-24(3,4)5/h8-11,19H,6-7,12-17H2,1-5H3,(H2,25,30)(H,26,27). The third-order valence-electron chi connectivity index (χ3n) is 5.41. The summed E-state index contributed by atoms with van der Waals surface area (Å²) >= 11 is 0. The minimum Gasteiger partial charge on any atom is -0.444 e. The normalized spacial score (nSPS) is 15.4. The molecule has 0 spiro atoms. The van der Waals surface area contributed by atoms with Crippen molar-refractivity contribution in [2.45, 2.75) is 59.6 Å². The summed E-state index contributed by atoms with van der Waals surface area (Å²) in [5.74, 6) is 0.914. The molecule has 0 unspecified atom stereocenters. The van der Waals surface area contributed by atoms with E-state index >= 15 is 0 Å². The van der Waals surface area contributed by atoms with Crippen LogP contribution in [0.4, 0.5) is 4.79 Å². The maximum atomic E-state index is 12.4. The van der Waals surface area contributed by atoms with Crippen molar-refractivity contribution in [1.29, 1.82) is 0 Å². The zero-order chi connectivity index (χ0) is 23.7. The highest BCUT2D eigenvalue weighted by molar-refractivity contribution is 5.92. The monoisotopic (exact) mass is 445 g/mol. The van der Waals surface area contributed by atoms with Crippen LogP contribution in [0.3, 0.4) is 0 Å². The highest BCUT2D eigenvalue weighted by Crippen LogP contribution is 2.20. The van der Waals surface area contributed by atoms with Crippen molar-refractivity contribution in [2.24, 2.45) is 16.6 Å². The number of nitrogens with zero attached hydrogens (tertiary/aromatic N) is 3. The number of carbonyl (C=O) groups is 2. The average Bonchev–Trinajstić information content (AvgIpc) is 2.74. The molecule has 1 aliphatic heterocycles. The van der Waals surface area contributed by atoms with E-state index < -0.39 is 11.5 Å². The van der Waals surface area contributed by atoms with Gasteiger partial charge in [-0.25, -0.2) is 9.79 Å². The number of primary amides is 1. The van der Waals surface area contributed by atoms with Crippen LogP contribution < -0.4 is 11.1 Å². The first-order chi connectivity index (χ1) is 15.1. The second-order valence-corrected chi connectivity index (χ2v) is 9.18. The Morgan fingerprint density at radius 1 is 1.19 bits per heavy atom. The molecule has 0 atom stereocenters. The van der Waals surface area contributed by atoms with E-state index in [0.29, 0.717) is 24.6 Å². The molecular formula is C24H39N5O3. The van der Waals surface area contributed by atoms with Gasteiger partial charge in [0.2, 0.25) is 5.91 Å². The minimum atomic E-state index is -0.481. The van der Waals surface area contributed by atoms with Crippen LogP contribution in [-0.2, 0) is 11.3 Å². The number of rotatable bonds is 7. The van der Waals surface area contributed by atoms with E-state index in [-0.39, 0.29) is 6.09 Å². The SMILES string of the molecule is CCNC(=NCc1ccc(C(N)=O)cc1)N1CCC(CN(CC)C(=O)OC(C)(C)C)CC1. The van der Waals surface area contributed by atoms with Gasteiger partial charge in [0.25, 0.3) is 0 Å². The van der Waals surface area contributed by atoms with E-state index in [4.69, 9.17) is 15.5 Å². The Bertz CT molecular complexity index is 778. The van der Waals surface area contributed by atoms with Crippen LogP contribution in [0, 0.1) is 5.92 Å². The Kier molecular flexibility index (Phi) is 9.35. The fraction of sp³-hybridized carbons (Fsp3) is 0.625. The van der Waals surface area contributed by atoms with Gasteiger partial charge < -0.3 is 25.6 Å². The van der Waals surface area contributed by atoms with Crippen LogP contribution in [0.2, 0.25) is 0 Å². The summed E-state index contributed by atoms with van der Waals surface area (Å²) < 4.78 is 5.54. The fourth-order valence-corrected chi connectivity index (χ4v) is 3.66. The van der Waals surface area contributed by atoms with Gasteiger partial charge in [-0.2, -0.15) is 0 Å². The molecule has 1 heterocycles. The second kappa shape index (κ2) is 11.7. The summed E-state index contributed by atoms with van der Waals surface area (Å²) in [4.78, 5) is 32.5. The Morgan fingerprint density at radius 2 is 1.81 bits per heavy atom. The number of guanidine groups is 1. The number of nitrogens with one attached hydrogen (secondary N) is 1. The van der Waals surface area contributed by atoms with Gasteiger partial charge in [-0.05, 0) is 71.1 Å². The van der Waals surface area contributed by atoms with Gasteiger partial charge in [0.05, 0.1) is 6.54 Å². The fourth-order valence-electron chi connectivity index (χ4n) is 3.66. The number of amides is 2. The van der Waals surface area contributed by atoms with Gasteiger partial charge in [-0.1, -0.05) is 12.1 Å². The molecule has 2 rings (SSSR count). The first kappa shape index (κ1) is 25.5. The van der Waals surface area contributed by atoms with Crippen LogP contribution >= 0.6 is 0 Å². The molecule has 8 heteroatoms. The van der Waals surface area contributed by atoms with Gasteiger partial charge in [-0.15, -0.1) is 0 Å². The minimum absolute atomic E-state index is 0.236. The number of piperidine rings is 1. The maximum Gasteiger partial charge on any atom is 0.410 e. The lowest BCUT2D eigenvalue weighted by Gasteiger charge is -2.36. The number of hydrogen-bond acceptors (Lipinski definition) is 4. The lowest BCUT2D eigenvalue weighted by atomic mass is 9.96. The number of hydrogen-bond donors (Lipinski definition) is 2. The molecule has 0 bridgehead atoms. The average molecular weight is 446 g/mol. The number of nitrogens with two attached hydrogens (primary N) is 1. The summed E-state index contributed by atoms with van der Waals surface area (Å²) in [5, 5.41) is 3.38. The molecule has 8 nitrogen and oxygen atoms in total. The predicted molar refractivity (Wildman–Crippen MR) is 128 cm³/mol. The van der Waals surface area contributed by atoms with Gasteiger partial charge >= 0.3 is 6.09 Å². The van der Waals surface area contributed by atoms with E-state index in [0.717, 1.165) is 50.5 Å². The van der Waals surface area contributed by atoms with Crippen LogP contribution in [0.1, 0.15) is 63.4 Å². The van der Waals surface area contributed by atoms with Crippen molar-refractivity contribution >= 4 is 18.0 Å². The molecule has 3 N–H and O–H groups in total. The number of likely N-dealkylation sites (tertiary alicyclic amines) is 1. The number of benzene rings is 1. The molecule has 1 aromatic rings. The zero-order valence-electron chi connectivity index (χ0n) is 20.2. The molecule has 32 heavy (non-hydrogen) atoms. The second-order valence-electron chi connectivity index (χ2n) is 9.18. The van der Waals surface area contributed by atoms with Crippen molar-refractivity contribution < 1.29 is 14.3 Å². The summed E-state index contributed by atoms with van der Waals surface area (Å²) in [5.41, 5.74) is 6.35. The molecule has 0 radical (unpaired) electrons. The summed E-state index contributed by atoms with van der Waals surface area (Å²) in [7, 11) is 0. The topological polar surface area (TPSA) is 100 Å². The quantitative estimate of drug-likeness (QED) is 0.496. The third kappa shape index (κ3) is 8.05. The molecule has 1 fully saturated rings. The van der Waals surface area contributed by atoms with E-state index in [1.165, 1.54) is 0 Å². The molecular weight excluding hydrogens is 406 g/mol. The summed E-state index contributed by atoms with van der Waals surface area (Å²) in [6.07, 6.45) is 1.76. The summed E-state index contributed by atoms with van der Waals surface area (Å²) in [6.45, 7) is 14.2. The highest BCUT2D eigenvalue weighted by atomic mass is 16.6. The Morgan fingerprint density at radius 3 is 2.31 bits per heavy atom. The zero-order valence-corrected chi connectivity index (χ0v) is 20.2. The molecule has 1 saturated heterocycles. The number of carbonyl (C=O) groups excluding carboxylic acids is 2.